The van der Waals surface area contributed by atoms with Crippen LogP contribution < -0.4 is 10.6 Å². The molecule has 0 bridgehead atoms. The van der Waals surface area contributed by atoms with Crippen molar-refractivity contribution in [3.8, 4) is 5.95 Å². The highest BCUT2D eigenvalue weighted by molar-refractivity contribution is 5.88. The van der Waals surface area contributed by atoms with Gasteiger partial charge in [-0.3, -0.25) is 5.32 Å². The lowest BCUT2D eigenvalue weighted by Gasteiger charge is -2.13. The van der Waals surface area contributed by atoms with Gasteiger partial charge >= 0.3 is 6.03 Å². The fourth-order valence-electron chi connectivity index (χ4n) is 2.47. The monoisotopic (exact) mass is 340 g/mol. The first-order valence-corrected chi connectivity index (χ1v) is 7.93. The van der Waals surface area contributed by atoms with E-state index in [4.69, 9.17) is 4.42 Å². The minimum Gasteiger partial charge on any atom is -0.464 e. The Morgan fingerprint density at radius 1 is 1.16 bits per heavy atom. The highest BCUT2D eigenvalue weighted by Gasteiger charge is 2.15. The van der Waals surface area contributed by atoms with Gasteiger partial charge in [-0.1, -0.05) is 0 Å². The summed E-state index contributed by atoms with van der Waals surface area (Å²) in [5.74, 6) is 2.38. The number of amides is 2. The zero-order chi connectivity index (χ0) is 18.0. The number of nitrogens with one attached hydrogen (secondary N) is 2. The highest BCUT2D eigenvalue weighted by atomic mass is 16.3. The lowest BCUT2D eigenvalue weighted by atomic mass is 10.2. The first-order valence-electron chi connectivity index (χ1n) is 7.93. The molecule has 0 aromatic carbocycles. The molecule has 3 heterocycles. The Bertz CT molecular complexity index is 878. The smallest absolute Gasteiger partial charge is 0.320 e. The lowest BCUT2D eigenvalue weighted by Crippen LogP contribution is -2.31. The number of carbonyl (C=O) groups excluding carboxylic acids is 1. The minimum absolute atomic E-state index is 0.262. The van der Waals surface area contributed by atoms with E-state index < -0.39 is 0 Å². The summed E-state index contributed by atoms with van der Waals surface area (Å²) in [4.78, 5) is 21.0. The van der Waals surface area contributed by atoms with E-state index in [1.54, 1.807) is 12.3 Å². The molecule has 0 aliphatic carbocycles. The number of furan rings is 1. The number of aromatic nitrogens is 4. The van der Waals surface area contributed by atoms with Crippen molar-refractivity contribution in [2.24, 2.45) is 0 Å². The van der Waals surface area contributed by atoms with Crippen molar-refractivity contribution in [2.75, 3.05) is 5.32 Å². The third kappa shape index (κ3) is 3.85. The van der Waals surface area contributed by atoms with Crippen molar-refractivity contribution in [3.63, 3.8) is 0 Å². The Hall–Kier alpha value is -3.16. The number of hydrogen-bond acceptors (Lipinski definition) is 5. The SMILES string of the molecule is Cc1cc(C)nc(-n2nccc2NC(=O)NC(C)c2ccc(C)o2)n1. The standard InChI is InChI=1S/C17H20N6O2/c1-10-9-11(2)20-16(19-10)23-15(7-8-18-23)22-17(24)21-13(4)14-6-5-12(3)25-14/h5-9,13H,1-4H3,(H2,21,22,24). The van der Waals surface area contributed by atoms with E-state index in [0.29, 0.717) is 17.5 Å². The zero-order valence-electron chi connectivity index (χ0n) is 14.6. The molecular formula is C17H20N6O2. The number of anilines is 1. The Morgan fingerprint density at radius 2 is 1.88 bits per heavy atom. The summed E-state index contributed by atoms with van der Waals surface area (Å²) in [6, 6.07) is 6.63. The molecule has 0 aliphatic heterocycles. The first-order chi connectivity index (χ1) is 11.9. The van der Waals surface area contributed by atoms with Crippen molar-refractivity contribution in [1.29, 1.82) is 0 Å². The Labute approximate surface area is 145 Å². The summed E-state index contributed by atoms with van der Waals surface area (Å²) in [5, 5.41) is 9.78. The summed E-state index contributed by atoms with van der Waals surface area (Å²) in [5.41, 5.74) is 1.66. The quantitative estimate of drug-likeness (QED) is 0.760. The molecule has 25 heavy (non-hydrogen) atoms. The van der Waals surface area contributed by atoms with Gasteiger partial charge in [0.1, 0.15) is 17.3 Å². The second kappa shape index (κ2) is 6.76. The van der Waals surface area contributed by atoms with Crippen LogP contribution in [0.5, 0.6) is 0 Å². The van der Waals surface area contributed by atoms with E-state index >= 15 is 0 Å². The molecule has 3 aromatic heterocycles. The van der Waals surface area contributed by atoms with E-state index in [-0.39, 0.29) is 12.1 Å². The third-order valence-electron chi connectivity index (χ3n) is 3.58. The van der Waals surface area contributed by atoms with Crippen LogP contribution in [-0.4, -0.2) is 25.8 Å². The predicted octanol–water partition coefficient (Wildman–Crippen LogP) is 3.06. The fraction of sp³-hybridized carbons (Fsp3) is 0.294. The molecule has 0 fully saturated rings. The molecule has 130 valence electrons. The molecule has 0 saturated heterocycles. The van der Waals surface area contributed by atoms with Crippen LogP contribution in [0.4, 0.5) is 10.6 Å². The van der Waals surface area contributed by atoms with E-state index in [2.05, 4.69) is 25.7 Å². The first kappa shape index (κ1) is 16.7. The van der Waals surface area contributed by atoms with Gasteiger partial charge in [0.25, 0.3) is 5.95 Å². The average molecular weight is 340 g/mol. The molecule has 8 heteroatoms. The van der Waals surface area contributed by atoms with Gasteiger partial charge < -0.3 is 9.73 Å². The van der Waals surface area contributed by atoms with Crippen LogP contribution in [0, 0.1) is 20.8 Å². The summed E-state index contributed by atoms with van der Waals surface area (Å²) < 4.78 is 7.01. The molecule has 2 amide bonds. The van der Waals surface area contributed by atoms with Crippen molar-refractivity contribution in [2.45, 2.75) is 33.7 Å². The van der Waals surface area contributed by atoms with Gasteiger partial charge in [0.15, 0.2) is 0 Å². The average Bonchev–Trinajstić information content (AvgIpc) is 3.15. The maximum atomic E-state index is 12.3. The summed E-state index contributed by atoms with van der Waals surface area (Å²) in [7, 11) is 0. The maximum absolute atomic E-state index is 12.3. The summed E-state index contributed by atoms with van der Waals surface area (Å²) in [6.07, 6.45) is 1.58. The predicted molar refractivity (Wildman–Crippen MR) is 92.6 cm³/mol. The number of hydrogen-bond donors (Lipinski definition) is 2. The van der Waals surface area contributed by atoms with Gasteiger partial charge in [-0.2, -0.15) is 9.78 Å². The van der Waals surface area contributed by atoms with Gasteiger partial charge in [-0.05, 0) is 45.9 Å². The molecule has 0 spiro atoms. The molecule has 3 rings (SSSR count). The summed E-state index contributed by atoms with van der Waals surface area (Å²) in [6.45, 7) is 7.48. The van der Waals surface area contributed by atoms with Crippen molar-refractivity contribution < 1.29 is 9.21 Å². The third-order valence-corrected chi connectivity index (χ3v) is 3.58. The van der Waals surface area contributed by atoms with Crippen LogP contribution in [0.25, 0.3) is 5.95 Å². The van der Waals surface area contributed by atoms with E-state index in [9.17, 15) is 4.79 Å². The van der Waals surface area contributed by atoms with Crippen LogP contribution in [0.2, 0.25) is 0 Å². The second-order valence-electron chi connectivity index (χ2n) is 5.85. The molecule has 0 aliphatic rings. The van der Waals surface area contributed by atoms with E-state index in [1.165, 1.54) is 4.68 Å². The van der Waals surface area contributed by atoms with Crippen LogP contribution in [0.1, 0.15) is 35.9 Å². The van der Waals surface area contributed by atoms with Gasteiger partial charge in [0, 0.05) is 17.5 Å². The van der Waals surface area contributed by atoms with Gasteiger partial charge in [0.05, 0.1) is 12.2 Å². The van der Waals surface area contributed by atoms with Crippen LogP contribution in [-0.2, 0) is 0 Å². The zero-order valence-corrected chi connectivity index (χ0v) is 14.6. The largest absolute Gasteiger partial charge is 0.464 e. The lowest BCUT2D eigenvalue weighted by molar-refractivity contribution is 0.247. The minimum atomic E-state index is -0.368. The van der Waals surface area contributed by atoms with Crippen molar-refractivity contribution in [3.05, 3.63) is 53.4 Å². The molecule has 3 aromatic rings. The maximum Gasteiger partial charge on any atom is 0.320 e. The van der Waals surface area contributed by atoms with Gasteiger partial charge in [-0.15, -0.1) is 0 Å². The molecule has 2 N–H and O–H groups in total. The van der Waals surface area contributed by atoms with Gasteiger partial charge in [-0.25, -0.2) is 14.8 Å². The molecule has 1 atom stereocenters. The molecule has 0 radical (unpaired) electrons. The topological polar surface area (TPSA) is 97.9 Å². The van der Waals surface area contributed by atoms with E-state index in [1.807, 2.05) is 45.9 Å². The summed E-state index contributed by atoms with van der Waals surface area (Å²) >= 11 is 0. The molecular weight excluding hydrogens is 320 g/mol. The Balaban J connectivity index is 1.73. The number of rotatable bonds is 4. The van der Waals surface area contributed by atoms with Gasteiger partial charge in [0.2, 0.25) is 0 Å². The van der Waals surface area contributed by atoms with Crippen LogP contribution >= 0.6 is 0 Å². The van der Waals surface area contributed by atoms with Crippen molar-refractivity contribution in [1.82, 2.24) is 25.1 Å². The second-order valence-corrected chi connectivity index (χ2v) is 5.85. The van der Waals surface area contributed by atoms with Crippen LogP contribution in [0.15, 0.2) is 34.9 Å². The Kier molecular flexibility index (Phi) is 4.51. The fourth-order valence-corrected chi connectivity index (χ4v) is 2.47. The molecule has 1 unspecified atom stereocenters. The number of carbonyl (C=O) groups is 1. The number of aryl methyl sites for hydroxylation is 3. The molecule has 0 saturated carbocycles. The highest BCUT2D eigenvalue weighted by Crippen LogP contribution is 2.16. The normalized spacial score (nSPS) is 12.0. The number of nitrogens with zero attached hydrogens (tertiary/aromatic N) is 4. The van der Waals surface area contributed by atoms with E-state index in [0.717, 1.165) is 17.1 Å². The molecule has 8 nitrogen and oxygen atoms in total. The van der Waals surface area contributed by atoms with Crippen molar-refractivity contribution >= 4 is 11.8 Å². The number of urea groups is 1. The Morgan fingerprint density at radius 3 is 2.52 bits per heavy atom. The van der Waals surface area contributed by atoms with Crippen LogP contribution in [0.3, 0.4) is 0 Å².